The zero-order valence-electron chi connectivity index (χ0n) is 9.26. The van der Waals surface area contributed by atoms with E-state index in [0.29, 0.717) is 0 Å². The van der Waals surface area contributed by atoms with Crippen molar-refractivity contribution in [2.75, 3.05) is 0 Å². The van der Waals surface area contributed by atoms with E-state index in [9.17, 15) is 0 Å². The van der Waals surface area contributed by atoms with Crippen molar-refractivity contribution in [3.8, 4) is 11.3 Å². The molecule has 0 amide bonds. The van der Waals surface area contributed by atoms with Crippen molar-refractivity contribution in [1.29, 1.82) is 0 Å². The lowest BCUT2D eigenvalue weighted by Gasteiger charge is -2.03. The van der Waals surface area contributed by atoms with Crippen LogP contribution in [0.5, 0.6) is 0 Å². The smallest absolute Gasteiger partial charge is 0.154 e. The van der Waals surface area contributed by atoms with Gasteiger partial charge in [-0.1, -0.05) is 23.7 Å². The number of benzene rings is 1. The number of hydrogen-bond donors (Lipinski definition) is 0. The fourth-order valence-corrected chi connectivity index (χ4v) is 1.96. The van der Waals surface area contributed by atoms with Gasteiger partial charge in [0, 0.05) is 16.8 Å². The Labute approximate surface area is 104 Å². The van der Waals surface area contributed by atoms with Gasteiger partial charge >= 0.3 is 0 Å². The average Bonchev–Trinajstić information content (AvgIpc) is 2.76. The molecule has 84 valence electrons. The highest BCUT2D eigenvalue weighted by Gasteiger charge is 2.07. The Balaban J connectivity index is 2.24. The van der Waals surface area contributed by atoms with Crippen LogP contribution in [-0.4, -0.2) is 14.6 Å². The van der Waals surface area contributed by atoms with Crippen molar-refractivity contribution in [1.82, 2.24) is 14.6 Å². The number of halogens is 1. The van der Waals surface area contributed by atoms with Gasteiger partial charge in [-0.05, 0) is 30.7 Å². The van der Waals surface area contributed by atoms with E-state index in [1.807, 2.05) is 43.5 Å². The summed E-state index contributed by atoms with van der Waals surface area (Å²) in [5, 5.41) is 5.04. The molecule has 3 rings (SSSR count). The van der Waals surface area contributed by atoms with E-state index in [-0.39, 0.29) is 0 Å². The van der Waals surface area contributed by atoms with Crippen molar-refractivity contribution >= 4 is 17.2 Å². The Morgan fingerprint density at radius 1 is 1.24 bits per heavy atom. The fraction of sp³-hybridized carbons (Fsp3) is 0.0769. The number of rotatable bonds is 1. The molecule has 0 unspecified atom stereocenters. The quantitative estimate of drug-likeness (QED) is 0.656. The number of fused-ring (bicyclic) bond motifs is 1. The molecule has 1 aromatic carbocycles. The summed E-state index contributed by atoms with van der Waals surface area (Å²) < 4.78 is 1.81. The summed E-state index contributed by atoms with van der Waals surface area (Å²) in [4.78, 5) is 4.30. The van der Waals surface area contributed by atoms with Crippen LogP contribution in [0.1, 0.15) is 5.56 Å². The van der Waals surface area contributed by atoms with Crippen molar-refractivity contribution in [3.05, 3.63) is 53.3 Å². The third kappa shape index (κ3) is 1.68. The molecule has 3 aromatic rings. The number of aryl methyl sites for hydroxylation is 1. The molecule has 0 radical (unpaired) electrons. The van der Waals surface area contributed by atoms with Crippen LogP contribution in [0, 0.1) is 6.92 Å². The van der Waals surface area contributed by atoms with Crippen molar-refractivity contribution < 1.29 is 0 Å². The molecule has 0 aliphatic carbocycles. The first-order valence-corrected chi connectivity index (χ1v) is 5.69. The van der Waals surface area contributed by atoms with Gasteiger partial charge in [-0.15, -0.1) is 0 Å². The minimum absolute atomic E-state index is 0.758. The SMILES string of the molecule is Cc1ccc(-c2cnc3cccnn23)cc1Cl. The van der Waals surface area contributed by atoms with Gasteiger partial charge in [0.15, 0.2) is 5.65 Å². The van der Waals surface area contributed by atoms with E-state index in [2.05, 4.69) is 10.1 Å². The molecule has 3 nitrogen and oxygen atoms in total. The molecule has 0 saturated carbocycles. The van der Waals surface area contributed by atoms with Gasteiger partial charge in [-0.3, -0.25) is 0 Å². The first kappa shape index (κ1) is 10.3. The molecule has 0 atom stereocenters. The van der Waals surface area contributed by atoms with Gasteiger partial charge in [0.05, 0.1) is 11.9 Å². The predicted octanol–water partition coefficient (Wildman–Crippen LogP) is 3.36. The van der Waals surface area contributed by atoms with Gasteiger partial charge in [-0.25, -0.2) is 9.50 Å². The van der Waals surface area contributed by atoms with Crippen LogP contribution in [0.15, 0.2) is 42.7 Å². The Hall–Kier alpha value is -1.87. The standard InChI is InChI=1S/C13H10ClN3/c1-9-4-5-10(7-11(9)14)12-8-15-13-3-2-6-16-17(12)13/h2-8H,1H3. The topological polar surface area (TPSA) is 30.2 Å². The maximum absolute atomic E-state index is 6.13. The predicted molar refractivity (Wildman–Crippen MR) is 68.2 cm³/mol. The van der Waals surface area contributed by atoms with Crippen LogP contribution in [0.2, 0.25) is 5.02 Å². The first-order valence-electron chi connectivity index (χ1n) is 5.31. The number of imidazole rings is 1. The van der Waals surface area contributed by atoms with Crippen LogP contribution < -0.4 is 0 Å². The summed E-state index contributed by atoms with van der Waals surface area (Å²) in [5.41, 5.74) is 3.87. The number of aromatic nitrogens is 3. The second-order valence-corrected chi connectivity index (χ2v) is 4.31. The van der Waals surface area contributed by atoms with E-state index in [1.165, 1.54) is 0 Å². The molecule has 2 aromatic heterocycles. The molecule has 0 spiro atoms. The molecule has 0 fully saturated rings. The van der Waals surface area contributed by atoms with Gasteiger partial charge in [0.2, 0.25) is 0 Å². The second kappa shape index (κ2) is 3.86. The third-order valence-electron chi connectivity index (χ3n) is 2.75. The minimum Gasteiger partial charge on any atom is -0.235 e. The first-order chi connectivity index (χ1) is 8.25. The lowest BCUT2D eigenvalue weighted by molar-refractivity contribution is 0.942. The van der Waals surface area contributed by atoms with Crippen molar-refractivity contribution in [3.63, 3.8) is 0 Å². The van der Waals surface area contributed by atoms with E-state index in [0.717, 1.165) is 27.5 Å². The molecular weight excluding hydrogens is 234 g/mol. The van der Waals surface area contributed by atoms with Crippen LogP contribution in [0.25, 0.3) is 16.9 Å². The summed E-state index contributed by atoms with van der Waals surface area (Å²) in [5.74, 6) is 0. The monoisotopic (exact) mass is 243 g/mol. The number of nitrogens with zero attached hydrogens (tertiary/aromatic N) is 3. The zero-order chi connectivity index (χ0) is 11.8. The summed E-state index contributed by atoms with van der Waals surface area (Å²) in [7, 11) is 0. The van der Waals surface area contributed by atoms with Crippen molar-refractivity contribution in [2.45, 2.75) is 6.92 Å². The molecule has 2 heterocycles. The molecule has 4 heteroatoms. The lowest BCUT2D eigenvalue weighted by atomic mass is 10.1. The minimum atomic E-state index is 0.758. The van der Waals surface area contributed by atoms with Crippen LogP contribution >= 0.6 is 11.6 Å². The molecule has 17 heavy (non-hydrogen) atoms. The fourth-order valence-electron chi connectivity index (χ4n) is 1.78. The average molecular weight is 244 g/mol. The Morgan fingerprint density at radius 2 is 2.12 bits per heavy atom. The Bertz CT molecular complexity index is 688. The van der Waals surface area contributed by atoms with E-state index in [1.54, 1.807) is 10.7 Å². The molecule has 0 N–H and O–H groups in total. The Kier molecular flexibility index (Phi) is 2.34. The molecule has 0 aliphatic rings. The summed E-state index contributed by atoms with van der Waals surface area (Å²) in [6.45, 7) is 1.98. The lowest BCUT2D eigenvalue weighted by Crippen LogP contribution is -1.92. The normalized spacial score (nSPS) is 10.9. The molecule has 0 bridgehead atoms. The van der Waals surface area contributed by atoms with Crippen LogP contribution in [-0.2, 0) is 0 Å². The highest BCUT2D eigenvalue weighted by molar-refractivity contribution is 6.31. The third-order valence-corrected chi connectivity index (χ3v) is 3.15. The summed E-state index contributed by atoms with van der Waals surface area (Å²) in [6, 6.07) is 9.76. The summed E-state index contributed by atoms with van der Waals surface area (Å²) in [6.07, 6.45) is 3.55. The second-order valence-electron chi connectivity index (χ2n) is 3.90. The van der Waals surface area contributed by atoms with E-state index in [4.69, 9.17) is 11.6 Å². The van der Waals surface area contributed by atoms with Crippen LogP contribution in [0.4, 0.5) is 0 Å². The zero-order valence-corrected chi connectivity index (χ0v) is 10.0. The van der Waals surface area contributed by atoms with Gasteiger partial charge in [0.1, 0.15) is 0 Å². The molecule has 0 saturated heterocycles. The van der Waals surface area contributed by atoms with Gasteiger partial charge < -0.3 is 0 Å². The van der Waals surface area contributed by atoms with Crippen LogP contribution in [0.3, 0.4) is 0 Å². The number of hydrogen-bond acceptors (Lipinski definition) is 2. The highest BCUT2D eigenvalue weighted by Crippen LogP contribution is 2.25. The van der Waals surface area contributed by atoms with E-state index < -0.39 is 0 Å². The van der Waals surface area contributed by atoms with E-state index >= 15 is 0 Å². The molecule has 0 aliphatic heterocycles. The summed E-state index contributed by atoms with van der Waals surface area (Å²) >= 11 is 6.13. The maximum Gasteiger partial charge on any atom is 0.154 e. The van der Waals surface area contributed by atoms with Gasteiger partial charge in [0.25, 0.3) is 0 Å². The Morgan fingerprint density at radius 3 is 2.94 bits per heavy atom. The van der Waals surface area contributed by atoms with Crippen molar-refractivity contribution in [2.24, 2.45) is 0 Å². The maximum atomic E-state index is 6.13. The largest absolute Gasteiger partial charge is 0.235 e. The highest BCUT2D eigenvalue weighted by atomic mass is 35.5. The van der Waals surface area contributed by atoms with Gasteiger partial charge in [-0.2, -0.15) is 5.10 Å². The molecular formula is C13H10ClN3.